The second-order valence-electron chi connectivity index (χ2n) is 11.7. The maximum absolute atomic E-state index is 14.7. The van der Waals surface area contributed by atoms with Gasteiger partial charge in [-0.15, -0.1) is 0 Å². The lowest BCUT2D eigenvalue weighted by Gasteiger charge is -2.47. The molecule has 0 unspecified atom stereocenters. The summed E-state index contributed by atoms with van der Waals surface area (Å²) in [6.45, 7) is 9.63. The van der Waals surface area contributed by atoms with Crippen LogP contribution in [0, 0.1) is 5.92 Å². The number of halogens is 1. The zero-order valence-electron chi connectivity index (χ0n) is 24.0. The summed E-state index contributed by atoms with van der Waals surface area (Å²) in [6.07, 6.45) is 5.21. The number of nitrogens with one attached hydrogen (secondary N) is 1. The van der Waals surface area contributed by atoms with Gasteiger partial charge >= 0.3 is 0 Å². The van der Waals surface area contributed by atoms with E-state index in [4.69, 9.17) is 4.98 Å². The number of hydrogen-bond donors (Lipinski definition) is 3. The average Bonchev–Trinajstić information content (AvgIpc) is 2.91. The molecule has 41 heavy (non-hydrogen) atoms. The Morgan fingerprint density at radius 1 is 1.17 bits per heavy atom. The van der Waals surface area contributed by atoms with Crippen molar-refractivity contribution in [3.8, 4) is 0 Å². The quantitative estimate of drug-likeness (QED) is 0.357. The summed E-state index contributed by atoms with van der Waals surface area (Å²) in [5, 5.41) is 25.4. The van der Waals surface area contributed by atoms with Crippen LogP contribution in [0.1, 0.15) is 52.5 Å². The summed E-state index contributed by atoms with van der Waals surface area (Å²) in [5.74, 6) is -0.215. The monoisotopic (exact) mass is 587 g/mol. The molecule has 5 heterocycles. The number of nitrogens with zero attached hydrogens (tertiary/aromatic N) is 6. The molecule has 2 saturated heterocycles. The van der Waals surface area contributed by atoms with Gasteiger partial charge in [0.15, 0.2) is 0 Å². The van der Waals surface area contributed by atoms with E-state index in [9.17, 15) is 23.0 Å². The maximum atomic E-state index is 14.7. The van der Waals surface area contributed by atoms with Crippen LogP contribution in [0.25, 0.3) is 10.8 Å². The molecule has 3 aromatic rings. The van der Waals surface area contributed by atoms with Crippen molar-refractivity contribution in [2.75, 3.05) is 46.3 Å². The fourth-order valence-electron chi connectivity index (χ4n) is 5.42. The minimum absolute atomic E-state index is 0.0202. The van der Waals surface area contributed by atoms with Gasteiger partial charge in [0.1, 0.15) is 32.9 Å². The molecule has 0 saturated carbocycles. The standard InChI is InChI=1S/C28H38FN7O4S/c1-6-41(39,40)15-19-14-36(18(19)4)25-22-13-31-24(11-20(22)21(12-32-25)17(2)3)33-23-7-9-30-26(34-23)35-10-8-27(5,37)28(29,38)16-35/h7,9,11-13,17-19,37-38H,6,8,10,14-16H2,1-5H3,(H,30,31,33,34)/t18-,19-,27-,28+/m1/s1. The SMILES string of the molecule is CCS(=O)(=O)C[C@H]1CN(c2ncc(C(C)C)c3cc(Nc4ccnc(N5CC[C@@](C)(O)[C@](O)(F)C5)n4)ncc23)[C@@H]1C. The van der Waals surface area contributed by atoms with Crippen molar-refractivity contribution in [2.45, 2.75) is 64.5 Å². The molecular weight excluding hydrogens is 549 g/mol. The maximum Gasteiger partial charge on any atom is 0.253 e. The van der Waals surface area contributed by atoms with Crippen molar-refractivity contribution >= 4 is 44.0 Å². The number of rotatable bonds is 8. The molecule has 0 radical (unpaired) electrons. The molecule has 4 atom stereocenters. The third kappa shape index (κ3) is 5.67. The number of aromatic nitrogens is 4. The van der Waals surface area contributed by atoms with Gasteiger partial charge in [-0.2, -0.15) is 4.98 Å². The number of anilines is 4. The molecule has 0 amide bonds. The predicted molar refractivity (Wildman–Crippen MR) is 157 cm³/mol. The zero-order chi connectivity index (χ0) is 29.7. The lowest BCUT2D eigenvalue weighted by molar-refractivity contribution is -0.225. The molecule has 11 nitrogen and oxygen atoms in total. The van der Waals surface area contributed by atoms with Crippen LogP contribution in [0.3, 0.4) is 0 Å². The van der Waals surface area contributed by atoms with Crippen LogP contribution in [-0.2, 0) is 9.84 Å². The number of fused-ring (bicyclic) bond motifs is 1. The van der Waals surface area contributed by atoms with Gasteiger partial charge in [-0.25, -0.2) is 27.8 Å². The third-order valence-corrected chi connectivity index (χ3v) is 10.3. The normalized spacial score (nSPS) is 26.9. The second kappa shape index (κ2) is 10.6. The van der Waals surface area contributed by atoms with Gasteiger partial charge in [0.05, 0.1) is 12.3 Å². The van der Waals surface area contributed by atoms with Gasteiger partial charge < -0.3 is 25.3 Å². The summed E-state index contributed by atoms with van der Waals surface area (Å²) in [5.41, 5.74) is -0.795. The lowest BCUT2D eigenvalue weighted by atomic mass is 9.89. The van der Waals surface area contributed by atoms with Gasteiger partial charge in [0.25, 0.3) is 5.85 Å². The lowest BCUT2D eigenvalue weighted by Crippen LogP contribution is -2.61. The largest absolute Gasteiger partial charge is 0.384 e. The van der Waals surface area contributed by atoms with Gasteiger partial charge in [0.2, 0.25) is 5.95 Å². The Morgan fingerprint density at radius 2 is 1.93 bits per heavy atom. The van der Waals surface area contributed by atoms with Crippen molar-refractivity contribution in [3.05, 3.63) is 36.3 Å². The number of sulfone groups is 1. The molecule has 2 aliphatic rings. The van der Waals surface area contributed by atoms with Crippen LogP contribution < -0.4 is 15.1 Å². The Balaban J connectivity index is 1.40. The third-order valence-electron chi connectivity index (χ3n) is 8.46. The summed E-state index contributed by atoms with van der Waals surface area (Å²) < 4.78 is 39.0. The molecule has 2 fully saturated rings. The Bertz CT molecular complexity index is 1550. The number of hydrogen-bond acceptors (Lipinski definition) is 11. The number of pyridine rings is 2. The van der Waals surface area contributed by atoms with Crippen LogP contribution in [0.5, 0.6) is 0 Å². The molecule has 0 aromatic carbocycles. The van der Waals surface area contributed by atoms with E-state index in [1.54, 1.807) is 19.2 Å². The molecule has 0 spiro atoms. The van der Waals surface area contributed by atoms with Crippen molar-refractivity contribution in [3.63, 3.8) is 0 Å². The van der Waals surface area contributed by atoms with E-state index in [0.29, 0.717) is 18.2 Å². The first-order valence-corrected chi connectivity index (χ1v) is 15.8. The van der Waals surface area contributed by atoms with E-state index in [2.05, 4.69) is 39.0 Å². The molecule has 3 N–H and O–H groups in total. The fourth-order valence-corrected chi connectivity index (χ4v) is 6.69. The Labute approximate surface area is 239 Å². The van der Waals surface area contributed by atoms with Crippen LogP contribution >= 0.6 is 0 Å². The second-order valence-corrected chi connectivity index (χ2v) is 14.1. The predicted octanol–water partition coefficient (Wildman–Crippen LogP) is 3.17. The van der Waals surface area contributed by atoms with E-state index in [1.165, 1.54) is 18.0 Å². The Hall–Kier alpha value is -3.16. The first-order valence-electron chi connectivity index (χ1n) is 14.0. The first-order chi connectivity index (χ1) is 19.2. The van der Waals surface area contributed by atoms with Gasteiger partial charge in [-0.05, 0) is 49.3 Å². The van der Waals surface area contributed by atoms with Crippen LogP contribution in [-0.4, -0.2) is 87.2 Å². The molecule has 222 valence electrons. The van der Waals surface area contributed by atoms with Crippen LogP contribution in [0.2, 0.25) is 0 Å². The summed E-state index contributed by atoms with van der Waals surface area (Å²) in [7, 11) is -3.06. The highest BCUT2D eigenvalue weighted by Gasteiger charge is 2.51. The number of β-amino-alcohol motifs (C(OH)–C–C–N with tert-alkyl or cyclic N) is 1. The summed E-state index contributed by atoms with van der Waals surface area (Å²) >= 11 is 0. The fraction of sp³-hybridized carbons (Fsp3) is 0.571. The van der Waals surface area contributed by atoms with E-state index < -0.39 is 27.8 Å². The van der Waals surface area contributed by atoms with Gasteiger partial charge in [-0.1, -0.05) is 20.8 Å². The number of aliphatic hydroxyl groups is 2. The van der Waals surface area contributed by atoms with E-state index >= 15 is 0 Å². The summed E-state index contributed by atoms with van der Waals surface area (Å²) in [6, 6.07) is 3.65. The number of alkyl halides is 1. The van der Waals surface area contributed by atoms with Crippen molar-refractivity contribution < 1.29 is 23.0 Å². The minimum Gasteiger partial charge on any atom is -0.384 e. The smallest absolute Gasteiger partial charge is 0.253 e. The Kier molecular flexibility index (Phi) is 7.58. The van der Waals surface area contributed by atoms with Crippen molar-refractivity contribution in [2.24, 2.45) is 5.92 Å². The topological polar surface area (TPSA) is 145 Å². The Morgan fingerprint density at radius 3 is 2.59 bits per heavy atom. The molecule has 0 aliphatic carbocycles. The van der Waals surface area contributed by atoms with Crippen molar-refractivity contribution in [1.29, 1.82) is 0 Å². The van der Waals surface area contributed by atoms with E-state index in [0.717, 1.165) is 22.2 Å². The zero-order valence-corrected chi connectivity index (χ0v) is 24.9. The summed E-state index contributed by atoms with van der Waals surface area (Å²) in [4.78, 5) is 21.8. The minimum atomic E-state index is -3.06. The average molecular weight is 588 g/mol. The molecule has 5 rings (SSSR count). The number of piperidine rings is 1. The molecule has 13 heteroatoms. The van der Waals surface area contributed by atoms with Crippen molar-refractivity contribution in [1.82, 2.24) is 19.9 Å². The van der Waals surface area contributed by atoms with Gasteiger partial charge in [0, 0.05) is 54.8 Å². The first kappa shape index (κ1) is 29.3. The highest BCUT2D eigenvalue weighted by molar-refractivity contribution is 7.91. The molecule has 0 bridgehead atoms. The highest BCUT2D eigenvalue weighted by atomic mass is 32.2. The van der Waals surface area contributed by atoms with Gasteiger partial charge in [-0.3, -0.25) is 0 Å². The van der Waals surface area contributed by atoms with E-state index in [-0.39, 0.29) is 48.3 Å². The highest BCUT2D eigenvalue weighted by Crippen LogP contribution is 2.38. The van der Waals surface area contributed by atoms with Crippen LogP contribution in [0.15, 0.2) is 30.7 Å². The molecule has 3 aromatic heterocycles. The van der Waals surface area contributed by atoms with E-state index in [1.807, 2.05) is 19.2 Å². The molecular formula is C28H38FN7O4S. The van der Waals surface area contributed by atoms with Crippen LogP contribution in [0.4, 0.5) is 27.8 Å². The molecule has 2 aliphatic heterocycles.